The lowest BCUT2D eigenvalue weighted by atomic mass is 10.0. The molecule has 0 aliphatic heterocycles. The first-order chi connectivity index (χ1) is 12.1. The van der Waals surface area contributed by atoms with Crippen molar-refractivity contribution in [1.29, 1.82) is 0 Å². The fourth-order valence-electron chi connectivity index (χ4n) is 2.80. The number of aliphatic hydroxyl groups is 1. The normalized spacial score (nSPS) is 12.0. The highest BCUT2D eigenvalue weighted by Crippen LogP contribution is 2.29. The van der Waals surface area contributed by atoms with Crippen LogP contribution >= 0.6 is 0 Å². The maximum absolute atomic E-state index is 13.7. The molecule has 2 N–H and O–H groups in total. The van der Waals surface area contributed by atoms with Gasteiger partial charge in [-0.1, -0.05) is 12.1 Å². The molecule has 130 valence electrons. The highest BCUT2D eigenvalue weighted by atomic mass is 19.1. The van der Waals surface area contributed by atoms with E-state index in [9.17, 15) is 9.50 Å². The molecule has 0 aliphatic carbocycles. The van der Waals surface area contributed by atoms with Crippen LogP contribution in [0.5, 0.6) is 5.75 Å². The van der Waals surface area contributed by atoms with Crippen LogP contribution in [0.4, 0.5) is 10.1 Å². The van der Waals surface area contributed by atoms with Crippen molar-refractivity contribution < 1.29 is 14.2 Å². The summed E-state index contributed by atoms with van der Waals surface area (Å²) in [5.41, 5.74) is 2.21. The van der Waals surface area contributed by atoms with Gasteiger partial charge in [0.25, 0.3) is 0 Å². The molecule has 1 heterocycles. The van der Waals surface area contributed by atoms with Gasteiger partial charge in [0.1, 0.15) is 23.4 Å². The first-order valence-electron chi connectivity index (χ1n) is 7.89. The van der Waals surface area contributed by atoms with E-state index < -0.39 is 0 Å². The van der Waals surface area contributed by atoms with E-state index in [1.54, 1.807) is 25.4 Å². The molecule has 0 bridgehead atoms. The number of ether oxygens (including phenoxy) is 1. The first kappa shape index (κ1) is 17.0. The number of methoxy groups -OCH3 is 1. The molecule has 0 saturated carbocycles. The lowest BCUT2D eigenvalue weighted by Crippen LogP contribution is -2.17. The van der Waals surface area contributed by atoms with Crippen LogP contribution in [0.2, 0.25) is 0 Å². The van der Waals surface area contributed by atoms with Crippen molar-refractivity contribution in [3.05, 3.63) is 77.6 Å². The molecule has 3 rings (SSSR count). The van der Waals surface area contributed by atoms with E-state index in [0.717, 1.165) is 17.1 Å². The number of aryl methyl sites for hydroxylation is 1. The summed E-state index contributed by atoms with van der Waals surface area (Å²) < 4.78 is 20.8. The topological polar surface area (TPSA) is 59.3 Å². The van der Waals surface area contributed by atoms with E-state index in [1.165, 1.54) is 12.1 Å². The number of hydrogen-bond donors (Lipinski definition) is 2. The van der Waals surface area contributed by atoms with Gasteiger partial charge in [0.05, 0.1) is 13.7 Å². The van der Waals surface area contributed by atoms with Gasteiger partial charge >= 0.3 is 0 Å². The maximum Gasteiger partial charge on any atom is 0.135 e. The minimum Gasteiger partial charge on any atom is -0.496 e. The molecule has 3 aromatic rings. The van der Waals surface area contributed by atoms with Crippen molar-refractivity contribution >= 4 is 5.69 Å². The van der Waals surface area contributed by atoms with Gasteiger partial charge in [0.15, 0.2) is 0 Å². The fourth-order valence-corrected chi connectivity index (χ4v) is 2.80. The van der Waals surface area contributed by atoms with Gasteiger partial charge in [-0.25, -0.2) is 9.37 Å². The molecule has 0 radical (unpaired) electrons. The van der Waals surface area contributed by atoms with E-state index in [0.29, 0.717) is 11.3 Å². The minimum atomic E-state index is -0.337. The highest BCUT2D eigenvalue weighted by molar-refractivity contribution is 5.53. The number of anilines is 1. The Bertz CT molecular complexity index is 863. The second-order valence-electron chi connectivity index (χ2n) is 5.71. The summed E-state index contributed by atoms with van der Waals surface area (Å²) in [7, 11) is 3.45. The van der Waals surface area contributed by atoms with E-state index in [2.05, 4.69) is 10.3 Å². The van der Waals surface area contributed by atoms with Gasteiger partial charge in [-0.3, -0.25) is 0 Å². The average Bonchev–Trinajstić information content (AvgIpc) is 3.05. The van der Waals surface area contributed by atoms with Gasteiger partial charge in [-0.05, 0) is 35.9 Å². The second kappa shape index (κ2) is 7.36. The number of rotatable bonds is 6. The standard InChI is InChI=1S/C19H20FN3O2/c1-23-9-8-21-19(23)18(13-4-3-5-15(20)10-13)22-16-6-7-17(25-2)14(11-16)12-24/h3-11,18,22,24H,12H2,1-2H3. The summed E-state index contributed by atoms with van der Waals surface area (Å²) in [5, 5.41) is 12.9. The van der Waals surface area contributed by atoms with Crippen LogP contribution in [0.3, 0.4) is 0 Å². The molecule has 6 heteroatoms. The van der Waals surface area contributed by atoms with Crippen molar-refractivity contribution in [2.45, 2.75) is 12.6 Å². The number of benzene rings is 2. The van der Waals surface area contributed by atoms with Crippen molar-refractivity contribution in [3.8, 4) is 5.75 Å². The predicted molar refractivity (Wildman–Crippen MR) is 94.0 cm³/mol. The number of nitrogens with zero attached hydrogens (tertiary/aromatic N) is 2. The second-order valence-corrected chi connectivity index (χ2v) is 5.71. The number of halogens is 1. The molecule has 5 nitrogen and oxygen atoms in total. The van der Waals surface area contributed by atoms with Crippen LogP contribution in [-0.4, -0.2) is 21.8 Å². The zero-order valence-corrected chi connectivity index (χ0v) is 14.1. The van der Waals surface area contributed by atoms with Crippen LogP contribution < -0.4 is 10.1 Å². The molecular weight excluding hydrogens is 321 g/mol. The minimum absolute atomic E-state index is 0.133. The van der Waals surface area contributed by atoms with Crippen molar-refractivity contribution in [2.75, 3.05) is 12.4 Å². The molecule has 0 saturated heterocycles. The molecule has 0 spiro atoms. The van der Waals surface area contributed by atoms with Gasteiger partial charge < -0.3 is 19.7 Å². The van der Waals surface area contributed by atoms with Gasteiger partial charge in [0.2, 0.25) is 0 Å². The lowest BCUT2D eigenvalue weighted by molar-refractivity contribution is 0.274. The van der Waals surface area contributed by atoms with Crippen molar-refractivity contribution in [1.82, 2.24) is 9.55 Å². The van der Waals surface area contributed by atoms with E-state index in [1.807, 2.05) is 36.0 Å². The summed E-state index contributed by atoms with van der Waals surface area (Å²) in [6, 6.07) is 11.5. The summed E-state index contributed by atoms with van der Waals surface area (Å²) in [6.07, 6.45) is 3.55. The van der Waals surface area contributed by atoms with Crippen LogP contribution in [-0.2, 0) is 13.7 Å². The molecule has 1 aromatic heterocycles. The largest absolute Gasteiger partial charge is 0.496 e. The Morgan fingerprint density at radius 2 is 2.12 bits per heavy atom. The Morgan fingerprint density at radius 3 is 2.76 bits per heavy atom. The Kier molecular flexibility index (Phi) is 5.00. The molecule has 1 atom stereocenters. The van der Waals surface area contributed by atoms with Gasteiger partial charge in [0, 0.05) is 30.7 Å². The monoisotopic (exact) mass is 341 g/mol. The summed E-state index contributed by atoms with van der Waals surface area (Å²) >= 11 is 0. The van der Waals surface area contributed by atoms with Gasteiger partial charge in [-0.15, -0.1) is 0 Å². The Morgan fingerprint density at radius 1 is 1.28 bits per heavy atom. The Labute approximate surface area is 145 Å². The smallest absolute Gasteiger partial charge is 0.135 e. The van der Waals surface area contributed by atoms with Crippen LogP contribution in [0.25, 0.3) is 0 Å². The lowest BCUT2D eigenvalue weighted by Gasteiger charge is -2.21. The average molecular weight is 341 g/mol. The molecule has 1 unspecified atom stereocenters. The molecule has 2 aromatic carbocycles. The SMILES string of the molecule is COc1ccc(NC(c2cccc(F)c2)c2nccn2C)cc1CO. The summed E-state index contributed by atoms with van der Waals surface area (Å²) in [4.78, 5) is 4.40. The summed E-state index contributed by atoms with van der Waals surface area (Å²) in [5.74, 6) is 1.07. The van der Waals surface area contributed by atoms with Crippen molar-refractivity contribution in [3.63, 3.8) is 0 Å². The number of aliphatic hydroxyl groups excluding tert-OH is 1. The number of aromatic nitrogens is 2. The number of imidazole rings is 1. The third kappa shape index (κ3) is 3.64. The molecule has 25 heavy (non-hydrogen) atoms. The predicted octanol–water partition coefficient (Wildman–Crippen LogP) is 3.26. The van der Waals surface area contributed by atoms with E-state index in [4.69, 9.17) is 4.74 Å². The van der Waals surface area contributed by atoms with Crippen molar-refractivity contribution in [2.24, 2.45) is 7.05 Å². The third-order valence-electron chi connectivity index (χ3n) is 4.06. The Hall–Kier alpha value is -2.86. The molecule has 0 amide bonds. The zero-order chi connectivity index (χ0) is 17.8. The molecular formula is C19H20FN3O2. The van der Waals surface area contributed by atoms with E-state index in [-0.39, 0.29) is 18.5 Å². The number of hydrogen-bond acceptors (Lipinski definition) is 4. The quantitative estimate of drug-likeness (QED) is 0.722. The fraction of sp³-hybridized carbons (Fsp3) is 0.211. The maximum atomic E-state index is 13.7. The highest BCUT2D eigenvalue weighted by Gasteiger charge is 2.19. The molecule has 0 fully saturated rings. The first-order valence-corrected chi connectivity index (χ1v) is 7.89. The molecule has 0 aliphatic rings. The van der Waals surface area contributed by atoms with Crippen LogP contribution in [0.15, 0.2) is 54.9 Å². The van der Waals surface area contributed by atoms with Crippen LogP contribution in [0, 0.1) is 5.82 Å². The summed E-state index contributed by atoms with van der Waals surface area (Å²) in [6.45, 7) is -0.133. The number of nitrogens with one attached hydrogen (secondary N) is 1. The third-order valence-corrected chi connectivity index (χ3v) is 4.06. The zero-order valence-electron chi connectivity index (χ0n) is 14.1. The van der Waals surface area contributed by atoms with Gasteiger partial charge in [-0.2, -0.15) is 0 Å². The van der Waals surface area contributed by atoms with E-state index >= 15 is 0 Å². The Balaban J connectivity index is 2.00. The van der Waals surface area contributed by atoms with Crippen LogP contribution in [0.1, 0.15) is 23.0 Å².